The molecule has 0 bridgehead atoms. The van der Waals surface area contributed by atoms with E-state index in [1.54, 1.807) is 11.3 Å². The molecule has 2 heteroatoms. The van der Waals surface area contributed by atoms with Gasteiger partial charge in [0.2, 0.25) is 0 Å². The molecular weight excluding hydrogens is 274 g/mol. The smallest absolute Gasteiger partial charge is 0.0775 e. The van der Waals surface area contributed by atoms with Crippen molar-refractivity contribution in [2.24, 2.45) is 5.92 Å². The average molecular weight is 297 g/mol. The second kappa shape index (κ2) is 7.45. The highest BCUT2D eigenvalue weighted by Crippen LogP contribution is 2.16. The van der Waals surface area contributed by atoms with Crippen molar-refractivity contribution in [1.29, 1.82) is 0 Å². The monoisotopic (exact) mass is 297 g/mol. The van der Waals surface area contributed by atoms with Crippen LogP contribution >= 0.6 is 11.3 Å². The summed E-state index contributed by atoms with van der Waals surface area (Å²) in [6.07, 6.45) is 0. The number of rotatable bonds is 4. The number of nitrogens with one attached hydrogen (secondary N) is 1. The van der Waals surface area contributed by atoms with E-state index in [1.807, 2.05) is 0 Å². The molecule has 1 aromatic heterocycles. The van der Waals surface area contributed by atoms with Gasteiger partial charge in [0.15, 0.2) is 0 Å². The minimum atomic E-state index is 0.536. The van der Waals surface area contributed by atoms with Crippen molar-refractivity contribution in [2.75, 3.05) is 0 Å². The maximum Gasteiger partial charge on any atom is 0.0775 e. The highest BCUT2D eigenvalue weighted by atomic mass is 32.1. The lowest BCUT2D eigenvalue weighted by atomic mass is 10.1. The van der Waals surface area contributed by atoms with Gasteiger partial charge in [-0.05, 0) is 44.0 Å². The molecule has 21 heavy (non-hydrogen) atoms. The van der Waals surface area contributed by atoms with Gasteiger partial charge in [-0.25, -0.2) is 0 Å². The minimum absolute atomic E-state index is 0.536. The number of hydrogen-bond donors (Lipinski definition) is 1. The van der Waals surface area contributed by atoms with Gasteiger partial charge < -0.3 is 5.32 Å². The van der Waals surface area contributed by atoms with Gasteiger partial charge in [-0.3, -0.25) is 0 Å². The van der Waals surface area contributed by atoms with Crippen molar-refractivity contribution in [3.8, 4) is 11.8 Å². The first-order valence-electron chi connectivity index (χ1n) is 7.45. The summed E-state index contributed by atoms with van der Waals surface area (Å²) in [5.74, 6) is 7.13. The third-order valence-corrected chi connectivity index (χ3v) is 4.64. The molecule has 0 unspecified atom stereocenters. The number of thiophene rings is 1. The Morgan fingerprint density at radius 2 is 1.71 bits per heavy atom. The Bertz CT molecular complexity index is 626. The maximum atomic E-state index is 3.55. The van der Waals surface area contributed by atoms with E-state index in [0.29, 0.717) is 12.0 Å². The quantitative estimate of drug-likeness (QED) is 0.814. The Kier molecular flexibility index (Phi) is 5.61. The number of aryl methyl sites for hydroxylation is 1. The van der Waals surface area contributed by atoms with Crippen LogP contribution in [0, 0.1) is 24.7 Å². The molecule has 0 aliphatic heterocycles. The Balaban J connectivity index is 1.96. The summed E-state index contributed by atoms with van der Waals surface area (Å²) in [6.45, 7) is 9.73. The first-order valence-corrected chi connectivity index (χ1v) is 8.27. The van der Waals surface area contributed by atoms with Gasteiger partial charge in [0.25, 0.3) is 0 Å². The summed E-state index contributed by atoms with van der Waals surface area (Å²) in [5, 5.41) is 3.55. The maximum absolute atomic E-state index is 3.55. The van der Waals surface area contributed by atoms with E-state index in [9.17, 15) is 0 Å². The lowest BCUT2D eigenvalue weighted by molar-refractivity contribution is 0.428. The molecule has 1 aromatic carbocycles. The lowest BCUT2D eigenvalue weighted by Gasteiger charge is -2.16. The van der Waals surface area contributed by atoms with E-state index >= 15 is 0 Å². The van der Waals surface area contributed by atoms with Crippen molar-refractivity contribution in [3.63, 3.8) is 0 Å². The van der Waals surface area contributed by atoms with Crippen LogP contribution in [0.25, 0.3) is 0 Å². The molecule has 1 nitrogen and oxygen atoms in total. The van der Waals surface area contributed by atoms with Crippen LogP contribution in [0.5, 0.6) is 0 Å². The summed E-state index contributed by atoms with van der Waals surface area (Å²) < 4.78 is 0. The molecule has 0 spiro atoms. The molecule has 1 atom stereocenters. The Morgan fingerprint density at radius 1 is 1.00 bits per heavy atom. The summed E-state index contributed by atoms with van der Waals surface area (Å²) in [6, 6.07) is 13.2. The summed E-state index contributed by atoms with van der Waals surface area (Å²) in [4.78, 5) is 2.47. The van der Waals surface area contributed by atoms with Gasteiger partial charge in [-0.15, -0.1) is 11.3 Å². The van der Waals surface area contributed by atoms with Crippen molar-refractivity contribution in [2.45, 2.75) is 40.3 Å². The third-order valence-electron chi connectivity index (χ3n) is 3.64. The van der Waals surface area contributed by atoms with Gasteiger partial charge >= 0.3 is 0 Å². The van der Waals surface area contributed by atoms with E-state index in [-0.39, 0.29) is 0 Å². The normalized spacial score (nSPS) is 12.0. The van der Waals surface area contributed by atoms with Crippen LogP contribution < -0.4 is 5.32 Å². The fourth-order valence-corrected chi connectivity index (χ4v) is 2.62. The molecule has 2 rings (SSSR count). The molecule has 0 fully saturated rings. The summed E-state index contributed by atoms with van der Waals surface area (Å²) in [5.41, 5.74) is 2.34. The molecule has 1 heterocycles. The molecular formula is C19H23NS. The second-order valence-corrected chi connectivity index (χ2v) is 6.96. The van der Waals surface area contributed by atoms with Crippen LogP contribution in [0.4, 0.5) is 0 Å². The molecule has 0 saturated carbocycles. The van der Waals surface area contributed by atoms with Gasteiger partial charge in [-0.1, -0.05) is 43.4 Å². The van der Waals surface area contributed by atoms with Gasteiger partial charge in [0.05, 0.1) is 4.88 Å². The van der Waals surface area contributed by atoms with Crippen molar-refractivity contribution < 1.29 is 0 Å². The molecule has 0 aliphatic carbocycles. The zero-order chi connectivity index (χ0) is 15.2. The molecule has 1 N–H and O–H groups in total. The molecule has 0 amide bonds. The molecule has 0 aliphatic rings. The Hall–Kier alpha value is -1.56. The van der Waals surface area contributed by atoms with Crippen LogP contribution in [-0.2, 0) is 6.54 Å². The van der Waals surface area contributed by atoms with Crippen molar-refractivity contribution >= 4 is 11.3 Å². The Labute approximate surface area is 132 Å². The van der Waals surface area contributed by atoms with E-state index in [4.69, 9.17) is 0 Å². The van der Waals surface area contributed by atoms with Crippen LogP contribution in [0.2, 0.25) is 0 Å². The molecule has 0 saturated heterocycles. The zero-order valence-electron chi connectivity index (χ0n) is 13.2. The Morgan fingerprint density at radius 3 is 2.38 bits per heavy atom. The number of benzene rings is 1. The van der Waals surface area contributed by atoms with E-state index in [2.05, 4.69) is 81.3 Å². The van der Waals surface area contributed by atoms with Crippen LogP contribution in [0.15, 0.2) is 36.4 Å². The number of hydrogen-bond acceptors (Lipinski definition) is 2. The fourth-order valence-electron chi connectivity index (χ4n) is 1.81. The van der Waals surface area contributed by atoms with Crippen LogP contribution in [-0.4, -0.2) is 6.04 Å². The third kappa shape index (κ3) is 5.04. The zero-order valence-corrected chi connectivity index (χ0v) is 14.1. The highest BCUT2D eigenvalue weighted by Gasteiger charge is 2.06. The van der Waals surface area contributed by atoms with Gasteiger partial charge in [0, 0.05) is 23.0 Å². The summed E-state index contributed by atoms with van der Waals surface area (Å²) >= 11 is 1.77. The highest BCUT2D eigenvalue weighted by molar-refractivity contribution is 7.12. The molecule has 0 radical (unpaired) electrons. The van der Waals surface area contributed by atoms with E-state index in [0.717, 1.165) is 17.0 Å². The first kappa shape index (κ1) is 15.8. The predicted octanol–water partition coefficient (Wildman–Crippen LogP) is 4.59. The average Bonchev–Trinajstić information content (AvgIpc) is 2.92. The van der Waals surface area contributed by atoms with E-state index in [1.165, 1.54) is 10.4 Å². The minimum Gasteiger partial charge on any atom is -0.309 e. The van der Waals surface area contributed by atoms with E-state index < -0.39 is 0 Å². The standard InChI is InChI=1S/C19H23NS/c1-14(2)16(4)20-13-19-12-11-18(21-19)10-9-17-7-5-15(3)6-8-17/h5-8,11-12,14,16,20H,13H2,1-4H3/t16-/m0/s1. The SMILES string of the molecule is Cc1ccc(C#Cc2ccc(CN[C@@H](C)C(C)C)s2)cc1. The topological polar surface area (TPSA) is 12.0 Å². The predicted molar refractivity (Wildman–Crippen MR) is 92.6 cm³/mol. The van der Waals surface area contributed by atoms with Gasteiger partial charge in [-0.2, -0.15) is 0 Å². The second-order valence-electron chi connectivity index (χ2n) is 5.80. The molecule has 110 valence electrons. The van der Waals surface area contributed by atoms with Crippen molar-refractivity contribution in [1.82, 2.24) is 5.32 Å². The summed E-state index contributed by atoms with van der Waals surface area (Å²) in [7, 11) is 0. The molecule has 2 aromatic rings. The van der Waals surface area contributed by atoms with Crippen LogP contribution in [0.3, 0.4) is 0 Å². The van der Waals surface area contributed by atoms with Crippen LogP contribution in [0.1, 0.15) is 41.7 Å². The lowest BCUT2D eigenvalue weighted by Crippen LogP contribution is -2.29. The van der Waals surface area contributed by atoms with Crippen molar-refractivity contribution in [3.05, 3.63) is 57.3 Å². The first-order chi connectivity index (χ1) is 10.0. The van der Waals surface area contributed by atoms with Gasteiger partial charge in [0.1, 0.15) is 0 Å². The largest absolute Gasteiger partial charge is 0.309 e. The fraction of sp³-hybridized carbons (Fsp3) is 0.368.